The van der Waals surface area contributed by atoms with Crippen molar-refractivity contribution in [1.82, 2.24) is 14.5 Å². The number of halogens is 1. The number of aryl methyl sites for hydroxylation is 1. The quantitative estimate of drug-likeness (QED) is 0.541. The molecule has 3 heterocycles. The average Bonchev–Trinajstić information content (AvgIpc) is 3.20. The molecule has 34 heavy (non-hydrogen) atoms. The maximum Gasteiger partial charge on any atom is 0.257 e. The van der Waals surface area contributed by atoms with Crippen LogP contribution in [0.25, 0.3) is 10.9 Å². The van der Waals surface area contributed by atoms with Gasteiger partial charge in [-0.25, -0.2) is 0 Å². The van der Waals surface area contributed by atoms with Gasteiger partial charge in [-0.05, 0) is 56.0 Å². The third-order valence-corrected chi connectivity index (χ3v) is 7.79. The molecular weight excluding hydrogens is 494 g/mol. The number of fused-ring (bicyclic) bond motifs is 1. The lowest BCUT2D eigenvalue weighted by Gasteiger charge is -2.41. The van der Waals surface area contributed by atoms with Crippen LogP contribution in [-0.2, 0) is 17.2 Å². The molecule has 2 aliphatic rings. The molecule has 2 aromatic heterocycles. The minimum Gasteiger partial charge on any atom is -0.379 e. The van der Waals surface area contributed by atoms with E-state index in [2.05, 4.69) is 37.2 Å². The number of morpholine rings is 1. The number of hydrogen-bond acceptors (Lipinski definition) is 5. The third-order valence-electron chi connectivity index (χ3n) is 7.29. The van der Waals surface area contributed by atoms with E-state index >= 15 is 0 Å². The largest absolute Gasteiger partial charge is 0.379 e. The molecule has 5 rings (SSSR count). The van der Waals surface area contributed by atoms with Gasteiger partial charge in [-0.1, -0.05) is 15.9 Å². The zero-order valence-corrected chi connectivity index (χ0v) is 20.8. The van der Waals surface area contributed by atoms with Crippen LogP contribution in [0.4, 0.5) is 5.69 Å². The van der Waals surface area contributed by atoms with Gasteiger partial charge in [0.05, 0.1) is 47.8 Å². The Labute approximate surface area is 207 Å². The number of amides is 1. The van der Waals surface area contributed by atoms with Crippen LogP contribution in [-0.4, -0.2) is 52.7 Å². The highest BCUT2D eigenvalue weighted by molar-refractivity contribution is 9.10. The smallest absolute Gasteiger partial charge is 0.257 e. The molecule has 8 heteroatoms. The van der Waals surface area contributed by atoms with Crippen molar-refractivity contribution in [2.45, 2.75) is 37.1 Å². The van der Waals surface area contributed by atoms with Crippen molar-refractivity contribution in [1.29, 1.82) is 5.26 Å². The zero-order chi connectivity index (χ0) is 23.7. The summed E-state index contributed by atoms with van der Waals surface area (Å²) in [5.74, 6) is -0.181. The van der Waals surface area contributed by atoms with Gasteiger partial charge in [0, 0.05) is 47.8 Å². The topological polar surface area (TPSA) is 83.2 Å². The lowest BCUT2D eigenvalue weighted by atomic mass is 9.71. The van der Waals surface area contributed by atoms with Crippen LogP contribution in [0, 0.1) is 11.3 Å². The number of aromatic nitrogens is 2. The van der Waals surface area contributed by atoms with E-state index in [4.69, 9.17) is 4.74 Å². The maximum atomic E-state index is 13.0. The first kappa shape index (κ1) is 23.0. The molecule has 1 aliphatic heterocycles. The molecule has 0 bridgehead atoms. The summed E-state index contributed by atoms with van der Waals surface area (Å²) in [4.78, 5) is 20.1. The SMILES string of the molecule is Cn1cc(C(=O)Nc2ccc(C3(C#N)CCC(N4CCOCC4)CC3)nc2)c2cc(Br)ccc21. The fraction of sp³-hybridized carbons (Fsp3) is 0.423. The second-order valence-corrected chi connectivity index (χ2v) is 10.2. The van der Waals surface area contributed by atoms with Crippen LogP contribution >= 0.6 is 15.9 Å². The number of nitrogens with zero attached hydrogens (tertiary/aromatic N) is 4. The van der Waals surface area contributed by atoms with Crippen LogP contribution in [0.5, 0.6) is 0 Å². The number of anilines is 1. The van der Waals surface area contributed by atoms with Crippen molar-refractivity contribution >= 4 is 38.4 Å². The zero-order valence-electron chi connectivity index (χ0n) is 19.3. The highest BCUT2D eigenvalue weighted by Crippen LogP contribution is 2.40. The number of carbonyl (C=O) groups is 1. The maximum absolute atomic E-state index is 13.0. The van der Waals surface area contributed by atoms with Gasteiger partial charge in [0.25, 0.3) is 5.91 Å². The van der Waals surface area contributed by atoms with Gasteiger partial charge in [-0.3, -0.25) is 14.7 Å². The predicted octanol–water partition coefficient (Wildman–Crippen LogP) is 4.62. The van der Waals surface area contributed by atoms with Crippen molar-refractivity contribution < 1.29 is 9.53 Å². The van der Waals surface area contributed by atoms with Crippen LogP contribution in [0.15, 0.2) is 47.2 Å². The molecule has 2 fully saturated rings. The summed E-state index contributed by atoms with van der Waals surface area (Å²) in [6, 6.07) is 12.7. The second-order valence-electron chi connectivity index (χ2n) is 9.27. The number of nitrogens with one attached hydrogen (secondary N) is 1. The average molecular weight is 522 g/mol. The summed E-state index contributed by atoms with van der Waals surface area (Å²) in [6.45, 7) is 3.55. The molecule has 1 aromatic carbocycles. The number of hydrogen-bond donors (Lipinski definition) is 1. The van der Waals surface area contributed by atoms with E-state index in [9.17, 15) is 10.1 Å². The predicted molar refractivity (Wildman–Crippen MR) is 135 cm³/mol. The summed E-state index contributed by atoms with van der Waals surface area (Å²) in [6.07, 6.45) is 7.09. The summed E-state index contributed by atoms with van der Waals surface area (Å²) in [5, 5.41) is 13.9. The Morgan fingerprint density at radius 2 is 2.00 bits per heavy atom. The van der Waals surface area contributed by atoms with Crippen molar-refractivity contribution in [2.24, 2.45) is 7.05 Å². The number of pyridine rings is 1. The molecule has 0 radical (unpaired) electrons. The summed E-state index contributed by atoms with van der Waals surface area (Å²) in [5.41, 5.74) is 2.45. The minimum absolute atomic E-state index is 0.181. The van der Waals surface area contributed by atoms with E-state index in [1.165, 1.54) is 0 Å². The van der Waals surface area contributed by atoms with Gasteiger partial charge in [0.1, 0.15) is 0 Å². The summed E-state index contributed by atoms with van der Waals surface area (Å²) in [7, 11) is 1.93. The van der Waals surface area contributed by atoms with E-state index in [0.29, 0.717) is 17.3 Å². The van der Waals surface area contributed by atoms with Crippen molar-refractivity contribution in [3.8, 4) is 6.07 Å². The van der Waals surface area contributed by atoms with Gasteiger partial charge >= 0.3 is 0 Å². The molecule has 0 atom stereocenters. The molecule has 0 spiro atoms. The Morgan fingerprint density at radius 3 is 2.68 bits per heavy atom. The van der Waals surface area contributed by atoms with Gasteiger partial charge in [-0.15, -0.1) is 0 Å². The highest BCUT2D eigenvalue weighted by atomic mass is 79.9. The molecule has 1 amide bonds. The molecule has 1 saturated heterocycles. The van der Waals surface area contributed by atoms with E-state index in [1.807, 2.05) is 48.1 Å². The number of benzene rings is 1. The van der Waals surface area contributed by atoms with E-state index in [0.717, 1.165) is 73.1 Å². The number of nitriles is 1. The normalized spacial score (nSPS) is 23.5. The van der Waals surface area contributed by atoms with Crippen LogP contribution in [0.2, 0.25) is 0 Å². The van der Waals surface area contributed by atoms with Gasteiger partial charge in [0.15, 0.2) is 0 Å². The van der Waals surface area contributed by atoms with Gasteiger partial charge in [-0.2, -0.15) is 5.26 Å². The third kappa shape index (κ3) is 4.36. The molecule has 1 aliphatic carbocycles. The first-order chi connectivity index (χ1) is 16.5. The lowest BCUT2D eigenvalue weighted by Crippen LogP contribution is -2.47. The Morgan fingerprint density at radius 1 is 1.24 bits per heavy atom. The lowest BCUT2D eigenvalue weighted by molar-refractivity contribution is 0.00493. The van der Waals surface area contributed by atoms with Crippen LogP contribution in [0.3, 0.4) is 0 Å². The standard InChI is InChI=1S/C26H28BrN5O2/c1-31-16-22(21-14-18(27)2-4-23(21)31)25(33)30-19-3-5-24(29-15-19)26(17-28)8-6-20(7-9-26)32-10-12-34-13-11-32/h2-5,14-16,20H,6-13H2,1H3,(H,30,33). The molecular formula is C26H28BrN5O2. The van der Waals surface area contributed by atoms with E-state index < -0.39 is 5.41 Å². The summed E-state index contributed by atoms with van der Waals surface area (Å²) >= 11 is 3.49. The van der Waals surface area contributed by atoms with Crippen LogP contribution in [0.1, 0.15) is 41.7 Å². The Balaban J connectivity index is 1.28. The van der Waals surface area contributed by atoms with Crippen LogP contribution < -0.4 is 5.32 Å². The minimum atomic E-state index is -0.562. The van der Waals surface area contributed by atoms with Crippen molar-refractivity contribution in [3.05, 3.63) is 58.5 Å². The monoisotopic (exact) mass is 521 g/mol. The van der Waals surface area contributed by atoms with Gasteiger partial charge < -0.3 is 14.6 Å². The summed E-state index contributed by atoms with van der Waals surface area (Å²) < 4.78 is 8.35. The number of rotatable bonds is 4. The molecule has 7 nitrogen and oxygen atoms in total. The molecule has 3 aromatic rings. The Hall–Kier alpha value is -2.73. The first-order valence-corrected chi connectivity index (χ1v) is 12.5. The van der Waals surface area contributed by atoms with Crippen molar-refractivity contribution in [3.63, 3.8) is 0 Å². The number of carbonyl (C=O) groups excluding carboxylic acids is 1. The van der Waals surface area contributed by atoms with Crippen molar-refractivity contribution in [2.75, 3.05) is 31.6 Å². The highest BCUT2D eigenvalue weighted by Gasteiger charge is 2.40. The van der Waals surface area contributed by atoms with E-state index in [1.54, 1.807) is 6.20 Å². The Kier molecular flexibility index (Phi) is 6.43. The number of ether oxygens (including phenoxy) is 1. The first-order valence-electron chi connectivity index (χ1n) is 11.7. The Bertz CT molecular complexity index is 1230. The fourth-order valence-corrected chi connectivity index (χ4v) is 5.68. The molecule has 1 saturated carbocycles. The molecule has 1 N–H and O–H groups in total. The van der Waals surface area contributed by atoms with Gasteiger partial charge in [0.2, 0.25) is 0 Å². The molecule has 0 unspecified atom stereocenters. The van der Waals surface area contributed by atoms with E-state index in [-0.39, 0.29) is 5.91 Å². The fourth-order valence-electron chi connectivity index (χ4n) is 5.32. The second kappa shape index (κ2) is 9.49. The molecule has 176 valence electrons.